The maximum Gasteiger partial charge on any atom is 0.290 e. The van der Waals surface area contributed by atoms with Gasteiger partial charge in [0, 0.05) is 23.7 Å². The van der Waals surface area contributed by atoms with Gasteiger partial charge >= 0.3 is 0 Å². The Kier molecular flexibility index (Phi) is 6.14. The van der Waals surface area contributed by atoms with Crippen LogP contribution in [0.3, 0.4) is 0 Å². The van der Waals surface area contributed by atoms with Gasteiger partial charge in [0.05, 0.1) is 16.9 Å². The maximum absolute atomic E-state index is 13.5. The van der Waals surface area contributed by atoms with Crippen LogP contribution in [0.1, 0.15) is 48.9 Å². The molecule has 1 fully saturated rings. The third-order valence-corrected chi connectivity index (χ3v) is 7.97. The molecule has 0 bridgehead atoms. The number of amides is 1. The van der Waals surface area contributed by atoms with Crippen molar-refractivity contribution in [2.24, 2.45) is 0 Å². The Morgan fingerprint density at radius 1 is 1.12 bits per heavy atom. The number of halogens is 1. The Morgan fingerprint density at radius 3 is 2.42 bits per heavy atom. The van der Waals surface area contributed by atoms with E-state index in [4.69, 9.17) is 16.0 Å². The van der Waals surface area contributed by atoms with Crippen LogP contribution in [0.5, 0.6) is 0 Å². The second-order valence-corrected chi connectivity index (χ2v) is 12.2. The van der Waals surface area contributed by atoms with E-state index < -0.39 is 21.8 Å². The van der Waals surface area contributed by atoms with Crippen molar-refractivity contribution >= 4 is 38.3 Å². The predicted octanol–water partition coefficient (Wildman–Crippen LogP) is 4.57. The number of hydrogen-bond acceptors (Lipinski definition) is 5. The minimum atomic E-state index is -3.22. The van der Waals surface area contributed by atoms with Gasteiger partial charge in [-0.2, -0.15) is 0 Å². The van der Waals surface area contributed by atoms with E-state index in [-0.39, 0.29) is 45.6 Å². The summed E-state index contributed by atoms with van der Waals surface area (Å²) in [4.78, 5) is 27.6. The molecule has 1 aromatic heterocycles. The molecular weight excluding hydrogens is 462 g/mol. The van der Waals surface area contributed by atoms with E-state index in [1.165, 1.54) is 11.0 Å². The van der Waals surface area contributed by atoms with E-state index >= 15 is 0 Å². The van der Waals surface area contributed by atoms with Crippen molar-refractivity contribution in [3.63, 3.8) is 0 Å². The average Bonchev–Trinajstić information content (AvgIpc) is 3.11. The van der Waals surface area contributed by atoms with Crippen LogP contribution >= 0.6 is 11.6 Å². The summed E-state index contributed by atoms with van der Waals surface area (Å²) in [6.45, 7) is 6.58. The first-order chi connectivity index (χ1) is 15.4. The second-order valence-electron chi connectivity index (χ2n) is 9.55. The van der Waals surface area contributed by atoms with Gasteiger partial charge in [0.1, 0.15) is 5.58 Å². The molecule has 6 nitrogen and oxygen atoms in total. The zero-order valence-electron chi connectivity index (χ0n) is 18.8. The maximum atomic E-state index is 13.5. The number of sulfone groups is 1. The van der Waals surface area contributed by atoms with Crippen molar-refractivity contribution in [3.8, 4) is 0 Å². The first-order valence-corrected chi connectivity index (χ1v) is 13.0. The molecule has 3 aromatic rings. The lowest BCUT2D eigenvalue weighted by Gasteiger charge is -2.28. The zero-order chi connectivity index (χ0) is 24.0. The van der Waals surface area contributed by atoms with Gasteiger partial charge < -0.3 is 9.32 Å². The summed E-state index contributed by atoms with van der Waals surface area (Å²) in [5.74, 6) is -0.701. The standard InChI is InChI=1S/C25H26ClNO5S/c1-25(2,3)17-6-4-16(5-7-17)14-27(19-10-11-33(30,31)15-19)24(29)23-13-21(28)20-12-18(26)8-9-22(20)32-23/h4-9,12-13,19H,10-11,14-15H2,1-3H3/t19-/m1/s1. The van der Waals surface area contributed by atoms with Crippen molar-refractivity contribution in [1.82, 2.24) is 4.90 Å². The fourth-order valence-corrected chi connectivity index (χ4v) is 5.97. The van der Waals surface area contributed by atoms with Crippen LogP contribution < -0.4 is 5.43 Å². The molecule has 1 saturated heterocycles. The van der Waals surface area contributed by atoms with Crippen LogP contribution in [0, 0.1) is 0 Å². The summed E-state index contributed by atoms with van der Waals surface area (Å²) >= 11 is 5.97. The van der Waals surface area contributed by atoms with Gasteiger partial charge in [-0.1, -0.05) is 56.6 Å². The van der Waals surface area contributed by atoms with Crippen LogP contribution in [-0.2, 0) is 21.8 Å². The average molecular weight is 488 g/mol. The molecule has 0 saturated carbocycles. The highest BCUT2D eigenvalue weighted by atomic mass is 35.5. The van der Waals surface area contributed by atoms with E-state index in [0.717, 1.165) is 17.2 Å². The van der Waals surface area contributed by atoms with E-state index in [1.54, 1.807) is 12.1 Å². The molecule has 0 radical (unpaired) electrons. The van der Waals surface area contributed by atoms with Crippen molar-refractivity contribution in [3.05, 3.63) is 80.7 Å². The van der Waals surface area contributed by atoms with Crippen LogP contribution in [0.25, 0.3) is 11.0 Å². The quantitative estimate of drug-likeness (QED) is 0.538. The number of nitrogens with zero attached hydrogens (tertiary/aromatic N) is 1. The molecule has 174 valence electrons. The predicted molar refractivity (Wildman–Crippen MR) is 130 cm³/mol. The van der Waals surface area contributed by atoms with Crippen LogP contribution in [0.4, 0.5) is 0 Å². The van der Waals surface area contributed by atoms with E-state index in [0.29, 0.717) is 11.4 Å². The zero-order valence-corrected chi connectivity index (χ0v) is 20.4. The van der Waals surface area contributed by atoms with Crippen LogP contribution in [0.2, 0.25) is 5.02 Å². The molecule has 2 aromatic carbocycles. The summed E-state index contributed by atoms with van der Waals surface area (Å²) in [6.07, 6.45) is 0.349. The molecule has 0 N–H and O–H groups in total. The van der Waals surface area contributed by atoms with Crippen molar-refractivity contribution in [2.75, 3.05) is 11.5 Å². The summed E-state index contributed by atoms with van der Waals surface area (Å²) < 4.78 is 30.1. The number of rotatable bonds is 4. The largest absolute Gasteiger partial charge is 0.451 e. The topological polar surface area (TPSA) is 84.7 Å². The molecular formula is C25H26ClNO5S. The number of benzene rings is 2. The van der Waals surface area contributed by atoms with Gasteiger partial charge in [0.25, 0.3) is 5.91 Å². The molecule has 0 unspecified atom stereocenters. The van der Waals surface area contributed by atoms with Gasteiger partial charge in [-0.05, 0) is 41.2 Å². The Balaban J connectivity index is 1.70. The van der Waals surface area contributed by atoms with Gasteiger partial charge in [0.2, 0.25) is 0 Å². The lowest BCUT2D eigenvalue weighted by molar-refractivity contribution is 0.0648. The second kappa shape index (κ2) is 8.61. The summed E-state index contributed by atoms with van der Waals surface area (Å²) in [5, 5.41) is 0.678. The summed E-state index contributed by atoms with van der Waals surface area (Å²) in [5.41, 5.74) is 1.90. The lowest BCUT2D eigenvalue weighted by Crippen LogP contribution is -2.41. The summed E-state index contributed by atoms with van der Waals surface area (Å²) in [7, 11) is -3.22. The van der Waals surface area contributed by atoms with Gasteiger partial charge in [-0.25, -0.2) is 8.42 Å². The minimum absolute atomic E-state index is 0.00896. The first kappa shape index (κ1) is 23.5. The molecule has 8 heteroatoms. The number of hydrogen-bond donors (Lipinski definition) is 0. The van der Waals surface area contributed by atoms with Gasteiger partial charge in [0.15, 0.2) is 21.0 Å². The highest BCUT2D eigenvalue weighted by molar-refractivity contribution is 7.91. The third-order valence-electron chi connectivity index (χ3n) is 5.98. The van der Waals surface area contributed by atoms with E-state index in [1.807, 2.05) is 24.3 Å². The monoisotopic (exact) mass is 487 g/mol. The molecule has 1 amide bonds. The van der Waals surface area contributed by atoms with E-state index in [9.17, 15) is 18.0 Å². The molecule has 33 heavy (non-hydrogen) atoms. The van der Waals surface area contributed by atoms with Crippen LogP contribution in [-0.4, -0.2) is 36.8 Å². The number of fused-ring (bicyclic) bond motifs is 1. The smallest absolute Gasteiger partial charge is 0.290 e. The van der Waals surface area contributed by atoms with Crippen LogP contribution in [0.15, 0.2) is 57.7 Å². The normalized spacial score (nSPS) is 17.9. The Morgan fingerprint density at radius 2 is 1.82 bits per heavy atom. The fourth-order valence-electron chi connectivity index (χ4n) is 4.07. The Labute approximate surface area is 198 Å². The summed E-state index contributed by atoms with van der Waals surface area (Å²) in [6, 6.07) is 13.2. The molecule has 2 heterocycles. The van der Waals surface area contributed by atoms with Crippen molar-refractivity contribution in [2.45, 2.75) is 45.2 Å². The lowest BCUT2D eigenvalue weighted by atomic mass is 9.86. The van der Waals surface area contributed by atoms with Crippen molar-refractivity contribution < 1.29 is 17.6 Å². The Hall–Kier alpha value is -2.64. The molecule has 1 atom stereocenters. The van der Waals surface area contributed by atoms with Gasteiger partial charge in [-0.3, -0.25) is 9.59 Å². The molecule has 0 spiro atoms. The third kappa shape index (κ3) is 5.14. The molecule has 1 aliphatic rings. The molecule has 0 aliphatic carbocycles. The first-order valence-electron chi connectivity index (χ1n) is 10.8. The minimum Gasteiger partial charge on any atom is -0.451 e. The highest BCUT2D eigenvalue weighted by Gasteiger charge is 2.36. The number of carbonyl (C=O) groups is 1. The van der Waals surface area contributed by atoms with Crippen molar-refractivity contribution in [1.29, 1.82) is 0 Å². The SMILES string of the molecule is CC(C)(C)c1ccc(CN(C(=O)c2cc(=O)c3cc(Cl)ccc3o2)[C@@H]2CCS(=O)(=O)C2)cc1. The van der Waals surface area contributed by atoms with Gasteiger partial charge in [-0.15, -0.1) is 0 Å². The Bertz CT molecular complexity index is 1370. The van der Waals surface area contributed by atoms with E-state index in [2.05, 4.69) is 20.8 Å². The fraction of sp³-hybridized carbons (Fsp3) is 0.360. The number of carbonyl (C=O) groups excluding carboxylic acids is 1. The molecule has 4 rings (SSSR count). The molecule has 1 aliphatic heterocycles. The highest BCUT2D eigenvalue weighted by Crippen LogP contribution is 2.26.